The molecule has 0 saturated carbocycles. The zero-order valence-corrected chi connectivity index (χ0v) is 17.6. The number of hydrogen-bond donors (Lipinski definition) is 1. The molecule has 0 saturated heterocycles. The van der Waals surface area contributed by atoms with E-state index in [9.17, 15) is 14.4 Å². The molecule has 1 heterocycles. The Hall–Kier alpha value is -3.06. The summed E-state index contributed by atoms with van der Waals surface area (Å²) in [7, 11) is 0. The van der Waals surface area contributed by atoms with E-state index >= 15 is 0 Å². The number of halogens is 1. The maximum atomic E-state index is 12.6. The first kappa shape index (κ1) is 21.6. The van der Waals surface area contributed by atoms with E-state index in [2.05, 4.69) is 5.32 Å². The van der Waals surface area contributed by atoms with Gasteiger partial charge < -0.3 is 14.8 Å². The van der Waals surface area contributed by atoms with E-state index in [1.165, 1.54) is 4.90 Å². The molecule has 1 aliphatic rings. The van der Waals surface area contributed by atoms with Gasteiger partial charge in [0.15, 0.2) is 19.0 Å². The fourth-order valence-corrected chi connectivity index (χ4v) is 3.05. The van der Waals surface area contributed by atoms with Crippen molar-refractivity contribution in [1.82, 2.24) is 5.32 Å². The van der Waals surface area contributed by atoms with Gasteiger partial charge in [-0.25, -0.2) is 0 Å². The Balaban J connectivity index is 1.74. The second-order valence-corrected chi connectivity index (χ2v) is 7.70. The molecular weight excluding hydrogens is 408 g/mol. The Bertz CT molecular complexity index is 960. The predicted octanol–water partition coefficient (Wildman–Crippen LogP) is 3.10. The molecule has 0 aliphatic carbocycles. The zero-order valence-electron chi connectivity index (χ0n) is 16.8. The lowest BCUT2D eigenvalue weighted by atomic mass is 10.1. The van der Waals surface area contributed by atoms with Gasteiger partial charge in [0.1, 0.15) is 18.0 Å². The molecule has 0 aromatic heterocycles. The number of carbonyl (C=O) groups excluding carboxylic acids is 3. The first-order valence-electron chi connectivity index (χ1n) is 9.59. The first-order chi connectivity index (χ1) is 14.3. The highest BCUT2D eigenvalue weighted by atomic mass is 35.5. The second-order valence-electron chi connectivity index (χ2n) is 7.29. The molecule has 1 aliphatic heterocycles. The van der Waals surface area contributed by atoms with Crippen LogP contribution in [-0.2, 0) is 9.59 Å². The number of amides is 2. The summed E-state index contributed by atoms with van der Waals surface area (Å²) in [6, 6.07) is 11.6. The normalized spacial score (nSPS) is 12.9. The van der Waals surface area contributed by atoms with Gasteiger partial charge in [0.05, 0.1) is 10.7 Å². The molecule has 3 rings (SSSR count). The van der Waals surface area contributed by atoms with Crippen molar-refractivity contribution in [2.45, 2.75) is 13.8 Å². The van der Waals surface area contributed by atoms with Gasteiger partial charge in [-0.1, -0.05) is 37.6 Å². The lowest BCUT2D eigenvalue weighted by Gasteiger charge is -2.29. The molecule has 2 aromatic carbocycles. The van der Waals surface area contributed by atoms with Crippen LogP contribution in [-0.4, -0.2) is 43.9 Å². The molecule has 2 amide bonds. The van der Waals surface area contributed by atoms with Crippen LogP contribution >= 0.6 is 11.6 Å². The molecule has 7 nitrogen and oxygen atoms in total. The number of nitrogens with one attached hydrogen (secondary N) is 1. The van der Waals surface area contributed by atoms with Gasteiger partial charge in [0, 0.05) is 12.1 Å². The average Bonchev–Trinajstić information content (AvgIpc) is 2.73. The maximum Gasteiger partial charge on any atom is 0.265 e. The molecule has 0 bridgehead atoms. The Labute approximate surface area is 179 Å². The highest BCUT2D eigenvalue weighted by molar-refractivity contribution is 6.32. The van der Waals surface area contributed by atoms with E-state index in [0.29, 0.717) is 40.2 Å². The standard InChI is InChI=1S/C22H23ClN2O5/c1-14(2)10-24-21(27)11-25-17-9-15(7-8-20(17)30-13-22(25)28)18(26)12-29-19-6-4-3-5-16(19)23/h3-9,14H,10-13H2,1-2H3,(H,24,27). The lowest BCUT2D eigenvalue weighted by Crippen LogP contribution is -2.45. The third-order valence-corrected chi connectivity index (χ3v) is 4.74. The molecule has 2 aromatic rings. The molecule has 0 radical (unpaired) electrons. The van der Waals surface area contributed by atoms with Crippen LogP contribution in [0.2, 0.25) is 5.02 Å². The summed E-state index contributed by atoms with van der Waals surface area (Å²) in [6.45, 7) is 3.97. The number of carbonyl (C=O) groups is 3. The fourth-order valence-electron chi connectivity index (χ4n) is 2.85. The highest BCUT2D eigenvalue weighted by Gasteiger charge is 2.28. The Kier molecular flexibility index (Phi) is 6.95. The van der Waals surface area contributed by atoms with Gasteiger partial charge in [-0.3, -0.25) is 19.3 Å². The van der Waals surface area contributed by atoms with Gasteiger partial charge >= 0.3 is 0 Å². The smallest absolute Gasteiger partial charge is 0.265 e. The van der Waals surface area contributed by atoms with Crippen LogP contribution < -0.4 is 19.7 Å². The number of hydrogen-bond acceptors (Lipinski definition) is 5. The maximum absolute atomic E-state index is 12.6. The van der Waals surface area contributed by atoms with Crippen LogP contribution in [0.25, 0.3) is 0 Å². The van der Waals surface area contributed by atoms with Gasteiger partial charge in [-0.05, 0) is 36.2 Å². The summed E-state index contributed by atoms with van der Waals surface area (Å²) < 4.78 is 10.9. The molecule has 0 unspecified atom stereocenters. The molecular formula is C22H23ClN2O5. The van der Waals surface area contributed by atoms with Gasteiger partial charge in [0.2, 0.25) is 5.91 Å². The molecule has 8 heteroatoms. The van der Waals surface area contributed by atoms with Crippen molar-refractivity contribution in [2.75, 3.05) is 31.2 Å². The van der Waals surface area contributed by atoms with E-state index in [1.807, 2.05) is 13.8 Å². The molecule has 30 heavy (non-hydrogen) atoms. The molecule has 0 fully saturated rings. The molecule has 158 valence electrons. The summed E-state index contributed by atoms with van der Waals surface area (Å²) >= 11 is 6.04. The third-order valence-electron chi connectivity index (χ3n) is 4.43. The number of benzene rings is 2. The minimum atomic E-state index is -0.348. The van der Waals surface area contributed by atoms with Crippen molar-refractivity contribution in [3.05, 3.63) is 53.1 Å². The van der Waals surface area contributed by atoms with Crippen LogP contribution in [0.1, 0.15) is 24.2 Å². The van der Waals surface area contributed by atoms with Crippen molar-refractivity contribution in [1.29, 1.82) is 0 Å². The quantitative estimate of drug-likeness (QED) is 0.650. The van der Waals surface area contributed by atoms with Crippen LogP contribution in [0.15, 0.2) is 42.5 Å². The van der Waals surface area contributed by atoms with Crippen molar-refractivity contribution in [3.8, 4) is 11.5 Å². The largest absolute Gasteiger partial charge is 0.484 e. The fraction of sp³-hybridized carbons (Fsp3) is 0.318. The van der Waals surface area contributed by atoms with Crippen molar-refractivity contribution < 1.29 is 23.9 Å². The van der Waals surface area contributed by atoms with Crippen molar-refractivity contribution in [3.63, 3.8) is 0 Å². The number of para-hydroxylation sites is 1. The predicted molar refractivity (Wildman–Crippen MR) is 113 cm³/mol. The first-order valence-corrected chi connectivity index (χ1v) is 9.97. The van der Waals surface area contributed by atoms with Crippen LogP contribution in [0.3, 0.4) is 0 Å². The zero-order chi connectivity index (χ0) is 21.7. The minimum Gasteiger partial charge on any atom is -0.484 e. The van der Waals surface area contributed by atoms with E-state index in [-0.39, 0.29) is 37.4 Å². The van der Waals surface area contributed by atoms with Gasteiger partial charge in [0.25, 0.3) is 5.91 Å². The van der Waals surface area contributed by atoms with Crippen LogP contribution in [0.5, 0.6) is 11.5 Å². The number of Topliss-reactive ketones (excluding diaryl/α,β-unsaturated/α-hetero) is 1. The Morgan fingerprint density at radius 2 is 2.00 bits per heavy atom. The lowest BCUT2D eigenvalue weighted by molar-refractivity contribution is -0.125. The number of ether oxygens (including phenoxy) is 2. The van der Waals surface area contributed by atoms with Crippen molar-refractivity contribution in [2.24, 2.45) is 5.92 Å². The third kappa shape index (κ3) is 5.30. The van der Waals surface area contributed by atoms with Crippen molar-refractivity contribution >= 4 is 34.9 Å². The number of anilines is 1. The Morgan fingerprint density at radius 1 is 1.23 bits per heavy atom. The van der Waals surface area contributed by atoms with Crippen LogP contribution in [0.4, 0.5) is 5.69 Å². The van der Waals surface area contributed by atoms with E-state index < -0.39 is 0 Å². The summed E-state index contributed by atoms with van der Waals surface area (Å²) in [6.07, 6.45) is 0. The van der Waals surface area contributed by atoms with Gasteiger partial charge in [-0.2, -0.15) is 0 Å². The summed E-state index contributed by atoms with van der Waals surface area (Å²) in [4.78, 5) is 38.5. The minimum absolute atomic E-state index is 0.143. The topological polar surface area (TPSA) is 84.9 Å². The monoisotopic (exact) mass is 430 g/mol. The van der Waals surface area contributed by atoms with Gasteiger partial charge in [-0.15, -0.1) is 0 Å². The second kappa shape index (κ2) is 9.63. The number of nitrogens with zero attached hydrogens (tertiary/aromatic N) is 1. The Morgan fingerprint density at radius 3 is 2.73 bits per heavy atom. The van der Waals surface area contributed by atoms with Crippen LogP contribution in [0, 0.1) is 5.92 Å². The van der Waals surface area contributed by atoms with E-state index in [4.69, 9.17) is 21.1 Å². The molecule has 1 N–H and O–H groups in total. The van der Waals surface area contributed by atoms with E-state index in [1.54, 1.807) is 42.5 Å². The summed E-state index contributed by atoms with van der Waals surface area (Å²) in [5.41, 5.74) is 0.723. The molecule has 0 spiro atoms. The summed E-state index contributed by atoms with van der Waals surface area (Å²) in [5.74, 6) is 0.231. The number of rotatable bonds is 8. The number of fused-ring (bicyclic) bond motifs is 1. The SMILES string of the molecule is CC(C)CNC(=O)CN1C(=O)COc2ccc(C(=O)COc3ccccc3Cl)cc21. The van der Waals surface area contributed by atoms with E-state index in [0.717, 1.165) is 0 Å². The average molecular weight is 431 g/mol. The molecule has 0 atom stereocenters. The number of ketones is 1. The summed E-state index contributed by atoms with van der Waals surface area (Å²) in [5, 5.41) is 3.20. The highest BCUT2D eigenvalue weighted by Crippen LogP contribution is 2.33.